The van der Waals surface area contributed by atoms with Gasteiger partial charge in [-0.3, -0.25) is 0 Å². The van der Waals surface area contributed by atoms with Crippen LogP contribution < -0.4 is 10.0 Å². The second kappa shape index (κ2) is 6.06. The zero-order valence-corrected chi connectivity index (χ0v) is 15.6. The molecule has 0 amide bonds. The Morgan fingerprint density at radius 2 is 1.73 bits per heavy atom. The molecule has 0 aliphatic carbocycles. The van der Waals surface area contributed by atoms with Crippen LogP contribution in [0, 0.1) is 0 Å². The van der Waals surface area contributed by atoms with Gasteiger partial charge in [0.25, 0.3) is 6.33 Å². The van der Waals surface area contributed by atoms with Crippen LogP contribution in [0.2, 0.25) is 0 Å². The normalized spacial score (nSPS) is 12.8. The molecule has 0 fully saturated rings. The minimum Gasteiger partial charge on any atom is -0.233 e. The van der Waals surface area contributed by atoms with Crippen LogP contribution in [-0.4, -0.2) is 12.3 Å². The molecule has 0 unspecified atom stereocenters. The van der Waals surface area contributed by atoms with Crippen LogP contribution in [0.5, 0.6) is 0 Å². The number of hydrogen-bond donors (Lipinski definition) is 0. The molecule has 102 valence electrons. The molecule has 0 N–H and O–H groups in total. The number of hydrogen-bond acceptors (Lipinski definition) is 1. The fraction of sp³-hybridized carbons (Fsp3) is 0.111. The van der Waals surface area contributed by atoms with E-state index in [1.165, 1.54) is 33.2 Å². The van der Waals surface area contributed by atoms with Crippen molar-refractivity contribution in [3.63, 3.8) is 0 Å². The topological polar surface area (TPSA) is 16.8 Å². The summed E-state index contributed by atoms with van der Waals surface area (Å²) in [6.45, 7) is 2.20. The molecule has 0 saturated heterocycles. The summed E-state index contributed by atoms with van der Waals surface area (Å²) in [6, 6.07) is 16.9. The summed E-state index contributed by atoms with van der Waals surface area (Å²) < 4.78 is 2.11. The number of para-hydroxylation sites is 1. The van der Waals surface area contributed by atoms with E-state index in [0.29, 0.717) is 0 Å². The first kappa shape index (κ1) is 15.6. The average molecular weight is 359 g/mol. The second-order valence-corrected chi connectivity index (χ2v) is 5.49. The van der Waals surface area contributed by atoms with E-state index < -0.39 is 0 Å². The number of rotatable bonds is 1. The van der Waals surface area contributed by atoms with Gasteiger partial charge in [-0.05, 0) is 40.6 Å². The van der Waals surface area contributed by atoms with E-state index in [4.69, 9.17) is 0 Å². The van der Waals surface area contributed by atoms with E-state index in [-0.39, 0.29) is 32.7 Å². The first-order chi connectivity index (χ1) is 10.3. The Morgan fingerprint density at radius 1 is 1.00 bits per heavy atom. The SMILES string of the molecule is CC1=C(c2c3ccccc3nc[n+]2C)[B]c2ccccc21.[Y]. The van der Waals surface area contributed by atoms with E-state index >= 15 is 0 Å². The van der Waals surface area contributed by atoms with E-state index in [0.717, 1.165) is 5.52 Å². The quantitative estimate of drug-likeness (QED) is 0.481. The smallest absolute Gasteiger partial charge is 0.233 e. The number of nitrogens with zero attached hydrogens (tertiary/aromatic N) is 2. The van der Waals surface area contributed by atoms with Crippen LogP contribution in [0.4, 0.5) is 0 Å². The zero-order chi connectivity index (χ0) is 14.4. The van der Waals surface area contributed by atoms with Gasteiger partial charge in [0.1, 0.15) is 5.69 Å². The summed E-state index contributed by atoms with van der Waals surface area (Å²) in [6.07, 6.45) is 1.90. The second-order valence-electron chi connectivity index (χ2n) is 5.49. The van der Waals surface area contributed by atoms with Gasteiger partial charge >= 0.3 is 0 Å². The molecule has 1 aliphatic heterocycles. The molecule has 2 heterocycles. The van der Waals surface area contributed by atoms with Gasteiger partial charge in [-0.25, -0.2) is 4.57 Å². The van der Waals surface area contributed by atoms with Gasteiger partial charge in [-0.1, -0.05) is 41.9 Å². The monoisotopic (exact) mass is 359 g/mol. The fourth-order valence-electron chi connectivity index (χ4n) is 3.14. The van der Waals surface area contributed by atoms with Crippen LogP contribution in [0.15, 0.2) is 54.9 Å². The largest absolute Gasteiger partial charge is 0.287 e. The molecule has 1 aromatic heterocycles. The molecule has 4 heteroatoms. The Kier molecular flexibility index (Phi) is 4.29. The summed E-state index contributed by atoms with van der Waals surface area (Å²) in [7, 11) is 4.35. The van der Waals surface area contributed by atoms with Crippen LogP contribution >= 0.6 is 0 Å². The van der Waals surface area contributed by atoms with Crippen molar-refractivity contribution in [1.29, 1.82) is 0 Å². The molecule has 0 saturated carbocycles. The summed E-state index contributed by atoms with van der Waals surface area (Å²) >= 11 is 0. The molecule has 1 aliphatic rings. The molecule has 0 bridgehead atoms. The van der Waals surface area contributed by atoms with Crippen molar-refractivity contribution in [1.82, 2.24) is 4.98 Å². The Labute approximate surface area is 156 Å². The number of benzene rings is 2. The molecular weight excluding hydrogens is 344 g/mol. The van der Waals surface area contributed by atoms with Crippen LogP contribution in [0.3, 0.4) is 0 Å². The van der Waals surface area contributed by atoms with Crippen molar-refractivity contribution in [2.45, 2.75) is 6.92 Å². The van der Waals surface area contributed by atoms with Crippen molar-refractivity contribution in [3.05, 3.63) is 66.1 Å². The maximum absolute atomic E-state index is 4.51. The summed E-state index contributed by atoms with van der Waals surface area (Å²) in [4.78, 5) is 4.51. The Hall–Kier alpha value is -1.31. The Balaban J connectivity index is 0.00000144. The molecule has 2 aromatic carbocycles. The summed E-state index contributed by atoms with van der Waals surface area (Å²) in [5, 5.41) is 1.20. The number of fused-ring (bicyclic) bond motifs is 2. The number of aryl methyl sites for hydroxylation is 1. The third-order valence-corrected chi connectivity index (χ3v) is 4.21. The Morgan fingerprint density at radius 3 is 2.55 bits per heavy atom. The number of allylic oxidation sites excluding steroid dienone is 1. The standard InChI is InChI=1S/C18H15BN2.Y/c1-12-13-7-3-5-9-15(13)19-17(12)18-14-8-4-6-10-16(14)20-11-21(18)2;/h3-11H,1-2H3;/q+1;. The van der Waals surface area contributed by atoms with E-state index in [1.807, 2.05) is 12.4 Å². The molecule has 22 heavy (non-hydrogen) atoms. The van der Waals surface area contributed by atoms with Gasteiger partial charge in [-0.2, -0.15) is 0 Å². The minimum atomic E-state index is 0. The fourth-order valence-corrected chi connectivity index (χ4v) is 3.14. The van der Waals surface area contributed by atoms with E-state index in [2.05, 4.69) is 73.3 Å². The van der Waals surface area contributed by atoms with Gasteiger partial charge in [0.2, 0.25) is 0 Å². The van der Waals surface area contributed by atoms with Gasteiger partial charge in [0.15, 0.2) is 12.8 Å². The number of aromatic nitrogens is 2. The van der Waals surface area contributed by atoms with Crippen molar-refractivity contribution in [2.75, 3.05) is 0 Å². The molecule has 4 rings (SSSR count). The van der Waals surface area contributed by atoms with Gasteiger partial charge in [-0.15, -0.1) is 0 Å². The van der Waals surface area contributed by atoms with E-state index in [1.54, 1.807) is 0 Å². The predicted molar refractivity (Wildman–Crippen MR) is 87.2 cm³/mol. The first-order valence-corrected chi connectivity index (χ1v) is 7.14. The molecule has 2 radical (unpaired) electrons. The van der Waals surface area contributed by atoms with Crippen molar-refractivity contribution < 1.29 is 37.3 Å². The summed E-state index contributed by atoms with van der Waals surface area (Å²) in [5.41, 5.74) is 7.51. The van der Waals surface area contributed by atoms with Gasteiger partial charge < -0.3 is 0 Å². The summed E-state index contributed by atoms with van der Waals surface area (Å²) in [5.74, 6) is 0. The maximum atomic E-state index is 4.51. The van der Waals surface area contributed by atoms with Crippen LogP contribution in [-0.2, 0) is 39.8 Å². The van der Waals surface area contributed by atoms with Crippen molar-refractivity contribution >= 4 is 34.7 Å². The van der Waals surface area contributed by atoms with Crippen LogP contribution in [0.25, 0.3) is 21.9 Å². The van der Waals surface area contributed by atoms with Gasteiger partial charge in [0, 0.05) is 32.7 Å². The van der Waals surface area contributed by atoms with Crippen molar-refractivity contribution in [3.8, 4) is 0 Å². The molecule has 0 atom stereocenters. The molecule has 2 nitrogen and oxygen atoms in total. The molecular formula is C18H15BN2Y+. The average Bonchev–Trinajstić information content (AvgIpc) is 2.84. The first-order valence-electron chi connectivity index (χ1n) is 7.14. The van der Waals surface area contributed by atoms with Crippen LogP contribution in [0.1, 0.15) is 18.2 Å². The van der Waals surface area contributed by atoms with Crippen molar-refractivity contribution in [2.24, 2.45) is 7.05 Å². The van der Waals surface area contributed by atoms with E-state index in [9.17, 15) is 0 Å². The molecule has 0 spiro atoms. The Bertz CT molecular complexity index is 902. The minimum absolute atomic E-state index is 0. The third kappa shape index (κ3) is 2.37. The zero-order valence-electron chi connectivity index (χ0n) is 12.7. The third-order valence-electron chi connectivity index (χ3n) is 4.21. The van der Waals surface area contributed by atoms with Gasteiger partial charge in [0.05, 0.1) is 12.4 Å². The maximum Gasteiger partial charge on any atom is 0.287 e. The predicted octanol–water partition coefficient (Wildman–Crippen LogP) is 2.29. The molecule has 3 aromatic rings.